The van der Waals surface area contributed by atoms with Gasteiger partial charge in [-0.05, 0) is 46.2 Å². The molecule has 5 aromatic carbocycles. The Kier molecular flexibility index (Phi) is 5.67. The Balaban J connectivity index is 1.52. The van der Waals surface area contributed by atoms with E-state index in [9.17, 15) is 4.79 Å². The SMILES string of the molecule is COc1ccc2ccccc2c1-c1c(OC(=O)[C@]2(C)[C@H](c3ccccc3)C2(Cl)Cl)ccc2ccccc12. The summed E-state index contributed by atoms with van der Waals surface area (Å²) in [5.41, 5.74) is 1.45. The fraction of sp³-hybridized carbons (Fsp3) is 0.156. The summed E-state index contributed by atoms with van der Waals surface area (Å²) in [6.45, 7) is 1.77. The molecule has 0 aliphatic heterocycles. The molecule has 5 aromatic rings. The number of esters is 1. The largest absolute Gasteiger partial charge is 0.496 e. The lowest BCUT2D eigenvalue weighted by Gasteiger charge is -2.19. The smallest absolute Gasteiger partial charge is 0.321 e. The monoisotopic (exact) mass is 526 g/mol. The van der Waals surface area contributed by atoms with Gasteiger partial charge in [-0.2, -0.15) is 0 Å². The molecule has 0 radical (unpaired) electrons. The van der Waals surface area contributed by atoms with Crippen LogP contribution in [0.15, 0.2) is 103 Å². The minimum Gasteiger partial charge on any atom is -0.496 e. The van der Waals surface area contributed by atoms with Gasteiger partial charge in [0.15, 0.2) is 0 Å². The van der Waals surface area contributed by atoms with Crippen LogP contribution in [-0.2, 0) is 4.79 Å². The van der Waals surface area contributed by atoms with Crippen LogP contribution in [0.1, 0.15) is 18.4 Å². The summed E-state index contributed by atoms with van der Waals surface area (Å²) in [6, 6.07) is 33.5. The Hall–Kier alpha value is -3.53. The van der Waals surface area contributed by atoms with Crippen molar-refractivity contribution in [2.75, 3.05) is 7.11 Å². The number of carbonyl (C=O) groups is 1. The molecule has 0 unspecified atom stereocenters. The molecule has 0 heterocycles. The Bertz CT molecular complexity index is 1660. The molecule has 3 nitrogen and oxygen atoms in total. The van der Waals surface area contributed by atoms with Crippen molar-refractivity contribution in [3.05, 3.63) is 109 Å². The van der Waals surface area contributed by atoms with Crippen LogP contribution in [0.4, 0.5) is 0 Å². The van der Waals surface area contributed by atoms with Gasteiger partial charge in [-0.3, -0.25) is 4.79 Å². The first-order chi connectivity index (χ1) is 17.9. The molecule has 6 rings (SSSR count). The van der Waals surface area contributed by atoms with Crippen LogP contribution in [0, 0.1) is 5.41 Å². The molecule has 0 spiro atoms. The van der Waals surface area contributed by atoms with E-state index in [0.29, 0.717) is 11.5 Å². The molecule has 0 aromatic heterocycles. The summed E-state index contributed by atoms with van der Waals surface area (Å²) < 4.78 is 10.8. The number of alkyl halides is 2. The van der Waals surface area contributed by atoms with Crippen LogP contribution in [-0.4, -0.2) is 17.4 Å². The van der Waals surface area contributed by atoms with Gasteiger partial charge in [0.1, 0.15) is 21.2 Å². The zero-order valence-electron chi connectivity index (χ0n) is 20.4. The first-order valence-electron chi connectivity index (χ1n) is 12.1. The highest BCUT2D eigenvalue weighted by atomic mass is 35.5. The van der Waals surface area contributed by atoms with E-state index in [1.165, 1.54) is 0 Å². The van der Waals surface area contributed by atoms with E-state index in [1.807, 2.05) is 91.0 Å². The van der Waals surface area contributed by atoms with Crippen molar-refractivity contribution in [3.8, 4) is 22.6 Å². The maximum Gasteiger partial charge on any atom is 0.321 e. The van der Waals surface area contributed by atoms with Crippen LogP contribution < -0.4 is 9.47 Å². The van der Waals surface area contributed by atoms with Gasteiger partial charge in [0, 0.05) is 17.0 Å². The maximum absolute atomic E-state index is 13.8. The molecule has 184 valence electrons. The fourth-order valence-electron chi connectivity index (χ4n) is 5.45. The number of benzene rings is 5. The highest BCUT2D eigenvalue weighted by molar-refractivity contribution is 6.54. The second kappa shape index (κ2) is 8.79. The van der Waals surface area contributed by atoms with Crippen molar-refractivity contribution in [2.45, 2.75) is 17.2 Å². The summed E-state index contributed by atoms with van der Waals surface area (Å²) in [5, 5.41) is 4.03. The summed E-state index contributed by atoms with van der Waals surface area (Å²) in [4.78, 5) is 13.8. The molecule has 5 heteroatoms. The van der Waals surface area contributed by atoms with Crippen LogP contribution >= 0.6 is 23.2 Å². The molecule has 1 saturated carbocycles. The number of carbonyl (C=O) groups excluding carboxylic acids is 1. The zero-order chi connectivity index (χ0) is 25.8. The van der Waals surface area contributed by atoms with E-state index < -0.39 is 15.7 Å². The number of fused-ring (bicyclic) bond motifs is 2. The van der Waals surface area contributed by atoms with E-state index in [2.05, 4.69) is 12.1 Å². The van der Waals surface area contributed by atoms with Gasteiger partial charge in [0.25, 0.3) is 0 Å². The molecule has 0 bridgehead atoms. The zero-order valence-corrected chi connectivity index (χ0v) is 21.9. The Morgan fingerprint density at radius 2 is 1.22 bits per heavy atom. The second-order valence-corrected chi connectivity index (χ2v) is 11.0. The van der Waals surface area contributed by atoms with Crippen molar-refractivity contribution < 1.29 is 14.3 Å². The molecular formula is C32H24Cl2O3. The minimum absolute atomic E-state index is 0.381. The van der Waals surface area contributed by atoms with E-state index in [0.717, 1.165) is 38.2 Å². The number of hydrogen-bond donors (Lipinski definition) is 0. The highest BCUT2D eigenvalue weighted by Crippen LogP contribution is 2.74. The quantitative estimate of drug-likeness (QED) is 0.131. The molecule has 0 saturated heterocycles. The Morgan fingerprint density at radius 1 is 0.703 bits per heavy atom. The van der Waals surface area contributed by atoms with Crippen molar-refractivity contribution >= 4 is 50.7 Å². The summed E-state index contributed by atoms with van der Waals surface area (Å²) in [5.74, 6) is 0.272. The number of rotatable bonds is 5. The summed E-state index contributed by atoms with van der Waals surface area (Å²) in [6.07, 6.45) is 0. The maximum atomic E-state index is 13.8. The molecule has 0 amide bonds. The van der Waals surface area contributed by atoms with E-state index in [1.54, 1.807) is 14.0 Å². The third-order valence-corrected chi connectivity index (χ3v) is 8.78. The first kappa shape index (κ1) is 23.8. The van der Waals surface area contributed by atoms with Gasteiger partial charge >= 0.3 is 5.97 Å². The summed E-state index contributed by atoms with van der Waals surface area (Å²) >= 11 is 13.5. The lowest BCUT2D eigenvalue weighted by molar-refractivity contribution is -0.140. The van der Waals surface area contributed by atoms with Crippen LogP contribution in [0.2, 0.25) is 0 Å². The van der Waals surface area contributed by atoms with Crippen LogP contribution in [0.3, 0.4) is 0 Å². The molecule has 1 aliphatic rings. The van der Waals surface area contributed by atoms with Gasteiger partial charge in [-0.15, -0.1) is 0 Å². The molecular weight excluding hydrogens is 503 g/mol. The highest BCUT2D eigenvalue weighted by Gasteiger charge is 2.78. The van der Waals surface area contributed by atoms with Crippen molar-refractivity contribution in [1.29, 1.82) is 0 Å². The Morgan fingerprint density at radius 3 is 1.81 bits per heavy atom. The minimum atomic E-state index is -1.28. The lowest BCUT2D eigenvalue weighted by Crippen LogP contribution is -2.24. The number of methoxy groups -OCH3 is 1. The first-order valence-corrected chi connectivity index (χ1v) is 12.9. The van der Waals surface area contributed by atoms with Crippen molar-refractivity contribution in [2.24, 2.45) is 5.41 Å². The predicted octanol–water partition coefficient (Wildman–Crippen LogP) is 8.55. The average Bonchev–Trinajstić information content (AvgIpc) is 3.40. The van der Waals surface area contributed by atoms with Crippen LogP contribution in [0.25, 0.3) is 32.7 Å². The van der Waals surface area contributed by atoms with Gasteiger partial charge in [-0.1, -0.05) is 114 Å². The van der Waals surface area contributed by atoms with E-state index >= 15 is 0 Å². The predicted molar refractivity (Wildman–Crippen MR) is 151 cm³/mol. The number of ether oxygens (including phenoxy) is 2. The molecule has 1 fully saturated rings. The molecule has 1 aliphatic carbocycles. The van der Waals surface area contributed by atoms with Crippen molar-refractivity contribution in [3.63, 3.8) is 0 Å². The normalized spacial score (nSPS) is 20.1. The molecule has 0 N–H and O–H groups in total. The average molecular weight is 527 g/mol. The standard InChI is InChI=1S/C32H24Cl2O3/c1-31(29(32(31,33)34)22-12-4-3-5-13-22)30(35)37-26-19-17-21-11-7-9-15-24(21)28(26)27-23-14-8-6-10-20(23)16-18-25(27)36-2/h3-19,29H,1-2H3/t29-,31-/m0/s1. The van der Waals surface area contributed by atoms with Gasteiger partial charge in [0.05, 0.1) is 7.11 Å². The third kappa shape index (κ3) is 3.60. The fourth-order valence-corrected chi connectivity index (χ4v) is 6.40. The van der Waals surface area contributed by atoms with E-state index in [4.69, 9.17) is 32.7 Å². The molecule has 2 atom stereocenters. The second-order valence-electron chi connectivity index (χ2n) is 9.58. The van der Waals surface area contributed by atoms with Gasteiger partial charge in [0.2, 0.25) is 0 Å². The van der Waals surface area contributed by atoms with Gasteiger partial charge in [-0.25, -0.2) is 0 Å². The third-order valence-electron chi connectivity index (χ3n) is 7.56. The van der Waals surface area contributed by atoms with Crippen LogP contribution in [0.5, 0.6) is 11.5 Å². The molecule has 37 heavy (non-hydrogen) atoms. The Labute approximate surface area is 225 Å². The lowest BCUT2D eigenvalue weighted by atomic mass is 9.92. The topological polar surface area (TPSA) is 35.5 Å². The number of hydrogen-bond acceptors (Lipinski definition) is 3. The van der Waals surface area contributed by atoms with Gasteiger partial charge < -0.3 is 9.47 Å². The van der Waals surface area contributed by atoms with Crippen molar-refractivity contribution in [1.82, 2.24) is 0 Å². The number of halogens is 2. The summed E-state index contributed by atoms with van der Waals surface area (Å²) in [7, 11) is 1.65. The van der Waals surface area contributed by atoms with E-state index in [-0.39, 0.29) is 5.92 Å².